The largest absolute Gasteiger partial charge is 0.742 e. The summed E-state index contributed by atoms with van der Waals surface area (Å²) in [5.41, 5.74) is 0. The van der Waals surface area contributed by atoms with E-state index in [0.717, 1.165) is 0 Å². The van der Waals surface area contributed by atoms with E-state index in [0.29, 0.717) is 0 Å². The third-order valence-corrected chi connectivity index (χ3v) is 1.01. The van der Waals surface area contributed by atoms with Crippen LogP contribution in [0.4, 0.5) is 8.78 Å². The molecule has 0 saturated carbocycles. The number of carbonyl (C=O) groups is 1. The van der Waals surface area contributed by atoms with E-state index in [4.69, 9.17) is 0 Å². The van der Waals surface area contributed by atoms with E-state index in [1.165, 1.54) is 0 Å². The number of carbonyl (C=O) groups excluding carboxylic acids is 1. The lowest BCUT2D eigenvalue weighted by atomic mass is 10.2. The Morgan fingerprint density at radius 1 is 1.56 bits per heavy atom. The first-order chi connectivity index (χ1) is 4.13. The van der Waals surface area contributed by atoms with Crippen molar-refractivity contribution < 1.29 is 13.6 Å². The Balaban J connectivity index is 3.01. The Morgan fingerprint density at radius 3 is 2.44 bits per heavy atom. The number of halogens is 2. The van der Waals surface area contributed by atoms with Crippen molar-refractivity contribution in [1.29, 1.82) is 0 Å². The Hall–Kier alpha value is -0.250. The zero-order chi connectivity index (χ0) is 7.28. The fraction of sp³-hybridized carbons (Fsp3) is 0.800. The second-order valence-electron chi connectivity index (χ2n) is 1.66. The molecule has 0 unspecified atom stereocenters. The van der Waals surface area contributed by atoms with Crippen LogP contribution in [0.3, 0.4) is 0 Å². The van der Waals surface area contributed by atoms with E-state index in [-0.39, 0.29) is 19.3 Å². The maximum atomic E-state index is 11.3. The second kappa shape index (κ2) is 4.61. The van der Waals surface area contributed by atoms with Crippen molar-refractivity contribution in [2.45, 2.75) is 25.7 Å². The Morgan fingerprint density at radius 2 is 2.11 bits per heavy atom. The highest BCUT2D eigenvalue weighted by atomic mass is 32.1. The van der Waals surface area contributed by atoms with Gasteiger partial charge in [0.15, 0.2) is 0 Å². The summed E-state index contributed by atoms with van der Waals surface area (Å²) in [4.78, 5) is 10.00. The Kier molecular flexibility index (Phi) is 4.48. The van der Waals surface area contributed by atoms with E-state index in [1.54, 1.807) is 0 Å². The van der Waals surface area contributed by atoms with E-state index in [1.807, 2.05) is 0 Å². The molecular formula is C5H7F2OS-. The molecule has 54 valence electrons. The number of hydrogen-bond donors (Lipinski definition) is 0. The molecule has 0 saturated heterocycles. The topological polar surface area (TPSA) is 17.1 Å². The van der Waals surface area contributed by atoms with Crippen LogP contribution in [0.5, 0.6) is 0 Å². The van der Waals surface area contributed by atoms with Crippen LogP contribution in [0, 0.1) is 0 Å². The van der Waals surface area contributed by atoms with Crippen molar-refractivity contribution in [3.05, 3.63) is 0 Å². The molecule has 0 bridgehead atoms. The van der Waals surface area contributed by atoms with Crippen LogP contribution in [-0.4, -0.2) is 11.5 Å². The highest BCUT2D eigenvalue weighted by Gasteiger charge is 1.99. The molecule has 0 amide bonds. The van der Waals surface area contributed by atoms with Gasteiger partial charge in [0.2, 0.25) is 6.43 Å². The first kappa shape index (κ1) is 8.75. The SMILES string of the molecule is O=C([S-])CCCC(F)F. The van der Waals surface area contributed by atoms with Crippen LogP contribution < -0.4 is 0 Å². The average Bonchev–Trinajstić information content (AvgIpc) is 1.63. The summed E-state index contributed by atoms with van der Waals surface area (Å²) >= 11 is 4.15. The van der Waals surface area contributed by atoms with Crippen LogP contribution in [0.1, 0.15) is 19.3 Å². The molecule has 0 spiro atoms. The van der Waals surface area contributed by atoms with Gasteiger partial charge < -0.3 is 17.4 Å². The molecule has 0 aliphatic heterocycles. The minimum Gasteiger partial charge on any atom is -0.742 e. The first-order valence-electron chi connectivity index (χ1n) is 2.61. The standard InChI is InChI=1S/C5H8F2OS/c6-4(7)2-1-3-5(8)9/h4H,1-3H2,(H,8,9)/p-1. The van der Waals surface area contributed by atoms with Gasteiger partial charge >= 0.3 is 0 Å². The molecule has 0 atom stereocenters. The van der Waals surface area contributed by atoms with Gasteiger partial charge in [0.1, 0.15) is 0 Å². The van der Waals surface area contributed by atoms with E-state index in [9.17, 15) is 13.6 Å². The van der Waals surface area contributed by atoms with Gasteiger partial charge in [0, 0.05) is 11.5 Å². The summed E-state index contributed by atoms with van der Waals surface area (Å²) < 4.78 is 22.7. The summed E-state index contributed by atoms with van der Waals surface area (Å²) in [5, 5.41) is -0.435. The van der Waals surface area contributed by atoms with E-state index >= 15 is 0 Å². The third-order valence-electron chi connectivity index (χ3n) is 0.803. The summed E-state index contributed by atoms with van der Waals surface area (Å²) in [7, 11) is 0. The first-order valence-corrected chi connectivity index (χ1v) is 3.01. The molecule has 1 nitrogen and oxygen atoms in total. The monoisotopic (exact) mass is 153 g/mol. The molecular weight excluding hydrogens is 146 g/mol. The molecule has 0 aromatic rings. The summed E-state index contributed by atoms with van der Waals surface area (Å²) in [6.45, 7) is 0. The van der Waals surface area contributed by atoms with Gasteiger partial charge in [-0.1, -0.05) is 0 Å². The number of hydrogen-bond acceptors (Lipinski definition) is 2. The molecule has 0 aliphatic rings. The molecule has 0 aromatic heterocycles. The fourth-order valence-corrected chi connectivity index (χ4v) is 0.545. The highest BCUT2D eigenvalue weighted by Crippen LogP contribution is 2.04. The molecule has 0 aliphatic carbocycles. The molecule has 9 heavy (non-hydrogen) atoms. The minimum absolute atomic E-state index is 0.0969. The lowest BCUT2D eigenvalue weighted by Crippen LogP contribution is -1.94. The predicted molar refractivity (Wildman–Crippen MR) is 32.2 cm³/mol. The van der Waals surface area contributed by atoms with Crippen molar-refractivity contribution in [3.8, 4) is 0 Å². The summed E-state index contributed by atoms with van der Waals surface area (Å²) in [5.74, 6) is 0. The van der Waals surface area contributed by atoms with Crippen LogP contribution in [0.15, 0.2) is 0 Å². The maximum Gasteiger partial charge on any atom is 0.238 e. The zero-order valence-corrected chi connectivity index (χ0v) is 5.59. The van der Waals surface area contributed by atoms with Gasteiger partial charge in [-0.15, -0.1) is 0 Å². The number of alkyl halides is 2. The van der Waals surface area contributed by atoms with Crippen LogP contribution in [-0.2, 0) is 17.4 Å². The van der Waals surface area contributed by atoms with Gasteiger partial charge in [-0.3, -0.25) is 0 Å². The Labute approximate surface area is 57.8 Å². The molecule has 0 fully saturated rings. The quantitative estimate of drug-likeness (QED) is 0.569. The van der Waals surface area contributed by atoms with Gasteiger partial charge in [-0.05, 0) is 12.8 Å². The van der Waals surface area contributed by atoms with E-state index < -0.39 is 11.5 Å². The fourth-order valence-electron chi connectivity index (χ4n) is 0.401. The molecule has 0 heterocycles. The van der Waals surface area contributed by atoms with Crippen LogP contribution in [0.25, 0.3) is 0 Å². The minimum atomic E-state index is -2.31. The normalized spacial score (nSPS) is 10.1. The molecule has 0 radical (unpaired) electrons. The molecule has 0 rings (SSSR count). The molecule has 0 aromatic carbocycles. The molecule has 0 N–H and O–H groups in total. The van der Waals surface area contributed by atoms with Crippen LogP contribution >= 0.6 is 0 Å². The van der Waals surface area contributed by atoms with Gasteiger partial charge in [0.05, 0.1) is 0 Å². The Bertz CT molecular complexity index is 95.0. The average molecular weight is 153 g/mol. The lowest BCUT2D eigenvalue weighted by molar-refractivity contribution is -0.111. The second-order valence-corrected chi connectivity index (χ2v) is 2.11. The van der Waals surface area contributed by atoms with Crippen molar-refractivity contribution in [2.24, 2.45) is 0 Å². The van der Waals surface area contributed by atoms with Gasteiger partial charge in [0.25, 0.3) is 0 Å². The third kappa shape index (κ3) is 7.75. The maximum absolute atomic E-state index is 11.3. The van der Waals surface area contributed by atoms with Crippen molar-refractivity contribution in [1.82, 2.24) is 0 Å². The van der Waals surface area contributed by atoms with Gasteiger partial charge in [-0.2, -0.15) is 0 Å². The van der Waals surface area contributed by atoms with Gasteiger partial charge in [-0.25, -0.2) is 8.78 Å². The van der Waals surface area contributed by atoms with Crippen molar-refractivity contribution in [2.75, 3.05) is 0 Å². The van der Waals surface area contributed by atoms with Crippen molar-refractivity contribution in [3.63, 3.8) is 0 Å². The summed E-state index contributed by atoms with van der Waals surface area (Å²) in [6, 6.07) is 0. The molecule has 4 heteroatoms. The highest BCUT2D eigenvalue weighted by molar-refractivity contribution is 7.77. The smallest absolute Gasteiger partial charge is 0.238 e. The summed E-state index contributed by atoms with van der Waals surface area (Å²) in [6.07, 6.45) is -2.22. The van der Waals surface area contributed by atoms with E-state index in [2.05, 4.69) is 12.6 Å². The predicted octanol–water partition coefficient (Wildman–Crippen LogP) is 1.50. The zero-order valence-electron chi connectivity index (χ0n) is 4.77. The number of rotatable bonds is 4. The van der Waals surface area contributed by atoms with Crippen molar-refractivity contribution >= 4 is 17.7 Å². The van der Waals surface area contributed by atoms with Crippen LogP contribution in [0.2, 0.25) is 0 Å². The lowest BCUT2D eigenvalue weighted by Gasteiger charge is -2.01.